The standard InChI is InChI=1S/C20H21N7O/c1-13-24-18(21)17-19(25-13)27(20(28)26-17)12-16-11-22-15(10-23-16)9-5-8-14-6-3-2-4-7-14/h2-4,6-7,10-11H,5,8-9,12H2,1H3,(H,26,28)(H2,21,24,25). The van der Waals surface area contributed by atoms with Crippen molar-refractivity contribution in [3.05, 3.63) is 76.0 Å². The number of imidazole rings is 1. The topological polar surface area (TPSA) is 115 Å². The Balaban J connectivity index is 1.46. The van der Waals surface area contributed by atoms with Crippen molar-refractivity contribution in [1.82, 2.24) is 29.5 Å². The number of nitrogens with two attached hydrogens (primary N) is 1. The molecule has 8 nitrogen and oxygen atoms in total. The van der Waals surface area contributed by atoms with Gasteiger partial charge in [-0.25, -0.2) is 14.8 Å². The van der Waals surface area contributed by atoms with Crippen LogP contribution >= 0.6 is 0 Å². The van der Waals surface area contributed by atoms with Crippen LogP contribution in [0.25, 0.3) is 11.2 Å². The Bertz CT molecular complexity index is 1150. The zero-order valence-corrected chi connectivity index (χ0v) is 15.6. The molecule has 4 aromatic rings. The number of aromatic amines is 1. The summed E-state index contributed by atoms with van der Waals surface area (Å²) in [5.74, 6) is 0.774. The number of aryl methyl sites for hydroxylation is 3. The van der Waals surface area contributed by atoms with E-state index in [1.807, 2.05) is 6.07 Å². The van der Waals surface area contributed by atoms with Gasteiger partial charge in [-0.1, -0.05) is 30.3 Å². The van der Waals surface area contributed by atoms with E-state index >= 15 is 0 Å². The molecule has 3 heterocycles. The Morgan fingerprint density at radius 3 is 2.54 bits per heavy atom. The van der Waals surface area contributed by atoms with Gasteiger partial charge in [0.1, 0.15) is 11.3 Å². The van der Waals surface area contributed by atoms with E-state index in [0.29, 0.717) is 22.7 Å². The second kappa shape index (κ2) is 7.59. The minimum Gasteiger partial charge on any atom is -0.382 e. The van der Waals surface area contributed by atoms with Gasteiger partial charge in [-0.05, 0) is 31.7 Å². The molecule has 0 atom stereocenters. The molecule has 0 aliphatic carbocycles. The van der Waals surface area contributed by atoms with Crippen molar-refractivity contribution in [3.63, 3.8) is 0 Å². The molecule has 3 N–H and O–H groups in total. The highest BCUT2D eigenvalue weighted by molar-refractivity contribution is 5.81. The third kappa shape index (κ3) is 3.75. The summed E-state index contributed by atoms with van der Waals surface area (Å²) in [7, 11) is 0. The summed E-state index contributed by atoms with van der Waals surface area (Å²) in [6, 6.07) is 10.4. The normalized spacial score (nSPS) is 11.2. The van der Waals surface area contributed by atoms with E-state index in [1.165, 1.54) is 10.1 Å². The van der Waals surface area contributed by atoms with Crippen LogP contribution in [-0.2, 0) is 19.4 Å². The smallest absolute Gasteiger partial charge is 0.328 e. The van der Waals surface area contributed by atoms with Crippen molar-refractivity contribution < 1.29 is 0 Å². The number of hydrogen-bond donors (Lipinski definition) is 2. The number of nitrogen functional groups attached to an aromatic ring is 1. The molecule has 0 fully saturated rings. The zero-order chi connectivity index (χ0) is 19.5. The maximum atomic E-state index is 12.3. The molecule has 4 rings (SSSR count). The number of fused-ring (bicyclic) bond motifs is 1. The summed E-state index contributed by atoms with van der Waals surface area (Å²) in [6.45, 7) is 2.01. The summed E-state index contributed by atoms with van der Waals surface area (Å²) in [5, 5.41) is 0. The zero-order valence-electron chi connectivity index (χ0n) is 15.6. The number of hydrogen-bond acceptors (Lipinski definition) is 6. The van der Waals surface area contributed by atoms with Crippen LogP contribution in [0.2, 0.25) is 0 Å². The SMILES string of the molecule is Cc1nc(N)c2[nH]c(=O)n(Cc3cnc(CCCc4ccccc4)cn3)c2n1. The third-order valence-electron chi connectivity index (χ3n) is 4.58. The maximum Gasteiger partial charge on any atom is 0.328 e. The second-order valence-electron chi connectivity index (χ2n) is 6.71. The first-order chi connectivity index (χ1) is 13.6. The van der Waals surface area contributed by atoms with E-state index < -0.39 is 0 Å². The Labute approximate surface area is 161 Å². The van der Waals surface area contributed by atoms with Crippen LogP contribution in [-0.4, -0.2) is 29.5 Å². The predicted molar refractivity (Wildman–Crippen MR) is 107 cm³/mol. The molecule has 0 spiro atoms. The van der Waals surface area contributed by atoms with Gasteiger partial charge in [0.05, 0.1) is 24.1 Å². The van der Waals surface area contributed by atoms with Crippen molar-refractivity contribution in [2.45, 2.75) is 32.7 Å². The summed E-state index contributed by atoms with van der Waals surface area (Å²) < 4.78 is 1.50. The lowest BCUT2D eigenvalue weighted by molar-refractivity contribution is 0.737. The third-order valence-corrected chi connectivity index (χ3v) is 4.58. The molecule has 0 aliphatic heterocycles. The lowest BCUT2D eigenvalue weighted by Gasteiger charge is -2.05. The van der Waals surface area contributed by atoms with Gasteiger partial charge in [0.25, 0.3) is 0 Å². The van der Waals surface area contributed by atoms with Crippen molar-refractivity contribution in [2.24, 2.45) is 0 Å². The molecule has 0 saturated carbocycles. The molecular weight excluding hydrogens is 354 g/mol. The molecule has 28 heavy (non-hydrogen) atoms. The number of rotatable bonds is 6. The van der Waals surface area contributed by atoms with Crippen LogP contribution < -0.4 is 11.4 Å². The highest BCUT2D eigenvalue weighted by atomic mass is 16.1. The molecule has 0 unspecified atom stereocenters. The van der Waals surface area contributed by atoms with Crippen LogP contribution in [0.5, 0.6) is 0 Å². The molecule has 0 amide bonds. The quantitative estimate of drug-likeness (QED) is 0.533. The Hall–Kier alpha value is -3.55. The van der Waals surface area contributed by atoms with Gasteiger partial charge in [-0.15, -0.1) is 0 Å². The molecule has 0 saturated heterocycles. The second-order valence-corrected chi connectivity index (χ2v) is 6.71. The van der Waals surface area contributed by atoms with Crippen LogP contribution in [0.4, 0.5) is 5.82 Å². The maximum absolute atomic E-state index is 12.3. The highest BCUT2D eigenvalue weighted by Crippen LogP contribution is 2.14. The summed E-state index contributed by atoms with van der Waals surface area (Å²) in [5.41, 5.74) is 9.45. The molecule has 0 bridgehead atoms. The van der Waals surface area contributed by atoms with Crippen LogP contribution in [0.15, 0.2) is 47.5 Å². The fraction of sp³-hybridized carbons (Fsp3) is 0.250. The lowest BCUT2D eigenvalue weighted by atomic mass is 10.1. The molecular formula is C20H21N7O. The van der Waals surface area contributed by atoms with Crippen molar-refractivity contribution in [2.75, 3.05) is 5.73 Å². The van der Waals surface area contributed by atoms with Gasteiger partial charge in [0.15, 0.2) is 11.5 Å². The Kier molecular flexibility index (Phi) is 4.84. The fourth-order valence-electron chi connectivity index (χ4n) is 3.18. The van der Waals surface area contributed by atoms with Gasteiger partial charge >= 0.3 is 5.69 Å². The first kappa shape index (κ1) is 17.8. The van der Waals surface area contributed by atoms with Gasteiger partial charge in [0, 0.05) is 6.20 Å². The summed E-state index contributed by atoms with van der Waals surface area (Å²) in [4.78, 5) is 32.4. The lowest BCUT2D eigenvalue weighted by Crippen LogP contribution is -2.18. The Morgan fingerprint density at radius 2 is 1.79 bits per heavy atom. The minimum absolute atomic E-state index is 0.262. The van der Waals surface area contributed by atoms with E-state index in [0.717, 1.165) is 25.0 Å². The van der Waals surface area contributed by atoms with Crippen LogP contribution in [0.1, 0.15) is 29.2 Å². The van der Waals surface area contributed by atoms with E-state index in [2.05, 4.69) is 49.2 Å². The number of aromatic nitrogens is 6. The van der Waals surface area contributed by atoms with E-state index in [9.17, 15) is 4.79 Å². The molecule has 8 heteroatoms. The van der Waals surface area contributed by atoms with E-state index in [1.54, 1.807) is 19.3 Å². The van der Waals surface area contributed by atoms with Crippen LogP contribution in [0.3, 0.4) is 0 Å². The number of anilines is 1. The number of nitrogens with one attached hydrogen (secondary N) is 1. The number of nitrogens with zero attached hydrogens (tertiary/aromatic N) is 5. The Morgan fingerprint density at radius 1 is 1.04 bits per heavy atom. The minimum atomic E-state index is -0.296. The number of H-pyrrole nitrogens is 1. The predicted octanol–water partition coefficient (Wildman–Crippen LogP) is 2.02. The van der Waals surface area contributed by atoms with E-state index in [4.69, 9.17) is 5.73 Å². The van der Waals surface area contributed by atoms with Crippen molar-refractivity contribution in [1.29, 1.82) is 0 Å². The molecule has 1 aromatic carbocycles. The van der Waals surface area contributed by atoms with E-state index in [-0.39, 0.29) is 18.1 Å². The largest absolute Gasteiger partial charge is 0.382 e. The molecule has 0 radical (unpaired) electrons. The molecule has 142 valence electrons. The van der Waals surface area contributed by atoms with Crippen LogP contribution in [0, 0.1) is 6.92 Å². The van der Waals surface area contributed by atoms with Gasteiger partial charge in [-0.2, -0.15) is 0 Å². The average Bonchev–Trinajstić information content (AvgIpc) is 3.00. The average molecular weight is 375 g/mol. The highest BCUT2D eigenvalue weighted by Gasteiger charge is 2.13. The fourth-order valence-corrected chi connectivity index (χ4v) is 3.18. The summed E-state index contributed by atoms with van der Waals surface area (Å²) >= 11 is 0. The first-order valence-corrected chi connectivity index (χ1v) is 9.16. The van der Waals surface area contributed by atoms with Crippen molar-refractivity contribution in [3.8, 4) is 0 Å². The number of benzene rings is 1. The van der Waals surface area contributed by atoms with Crippen molar-refractivity contribution >= 4 is 17.0 Å². The van der Waals surface area contributed by atoms with Gasteiger partial charge in [0.2, 0.25) is 0 Å². The van der Waals surface area contributed by atoms with Gasteiger partial charge in [-0.3, -0.25) is 14.5 Å². The monoisotopic (exact) mass is 375 g/mol. The summed E-state index contributed by atoms with van der Waals surface area (Å²) in [6.07, 6.45) is 6.36. The molecule has 0 aliphatic rings. The first-order valence-electron chi connectivity index (χ1n) is 9.16. The van der Waals surface area contributed by atoms with Gasteiger partial charge < -0.3 is 10.7 Å². The molecule has 3 aromatic heterocycles.